The number of hydrogen-bond acceptors (Lipinski definition) is 4. The fraction of sp³-hybridized carbons (Fsp3) is 0.143. The summed E-state index contributed by atoms with van der Waals surface area (Å²) in [6, 6.07) is 5.99. The first kappa shape index (κ1) is 15.1. The van der Waals surface area contributed by atoms with Crippen LogP contribution in [0, 0.1) is 0 Å². The molecule has 0 bridgehead atoms. The predicted molar refractivity (Wildman–Crippen MR) is 80.3 cm³/mol. The Morgan fingerprint density at radius 1 is 1.29 bits per heavy atom. The summed E-state index contributed by atoms with van der Waals surface area (Å²) in [5.74, 6) is -1.00. The third kappa shape index (κ3) is 4.09. The summed E-state index contributed by atoms with van der Waals surface area (Å²) in [4.78, 5) is 31.5. The van der Waals surface area contributed by atoms with Crippen LogP contribution in [0.5, 0.6) is 0 Å². The van der Waals surface area contributed by atoms with E-state index in [-0.39, 0.29) is 6.42 Å². The molecule has 0 fully saturated rings. The molecule has 2 aromatic heterocycles. The molecule has 0 saturated heterocycles. The van der Waals surface area contributed by atoms with Crippen LogP contribution >= 0.6 is 15.9 Å². The molecule has 0 aliphatic rings. The zero-order valence-corrected chi connectivity index (χ0v) is 12.6. The fourth-order valence-electron chi connectivity index (χ4n) is 1.75. The van der Waals surface area contributed by atoms with Crippen molar-refractivity contribution in [1.29, 1.82) is 0 Å². The maximum Gasteiger partial charge on any atom is 0.253 e. The second-order valence-electron chi connectivity index (χ2n) is 4.33. The van der Waals surface area contributed by atoms with Gasteiger partial charge in [0.2, 0.25) is 5.91 Å². The standard InChI is InChI=1S/C14H13BrN4O2/c15-12-9(3-2-6-18-12)7-11(13(16)20)19-14(21)10-4-1-5-17-8-10/h1-6,8,11H,7H2,(H2,16,20)(H,19,21)/t11-/m0/s1. The molecule has 0 spiro atoms. The van der Waals surface area contributed by atoms with Gasteiger partial charge in [-0.3, -0.25) is 14.6 Å². The average Bonchev–Trinajstić information content (AvgIpc) is 2.49. The minimum Gasteiger partial charge on any atom is -0.368 e. The largest absolute Gasteiger partial charge is 0.368 e. The number of pyridine rings is 2. The Bertz CT molecular complexity index is 648. The molecular formula is C14H13BrN4O2. The molecule has 1 atom stereocenters. The number of carbonyl (C=O) groups excluding carboxylic acids is 2. The van der Waals surface area contributed by atoms with E-state index in [9.17, 15) is 9.59 Å². The van der Waals surface area contributed by atoms with Gasteiger partial charge < -0.3 is 11.1 Å². The summed E-state index contributed by atoms with van der Waals surface area (Å²) >= 11 is 3.30. The van der Waals surface area contributed by atoms with Crippen molar-refractivity contribution < 1.29 is 9.59 Å². The Morgan fingerprint density at radius 2 is 2.05 bits per heavy atom. The highest BCUT2D eigenvalue weighted by molar-refractivity contribution is 9.10. The van der Waals surface area contributed by atoms with Crippen molar-refractivity contribution in [2.75, 3.05) is 0 Å². The number of nitrogens with zero attached hydrogens (tertiary/aromatic N) is 2. The average molecular weight is 349 g/mol. The van der Waals surface area contributed by atoms with Crippen molar-refractivity contribution in [3.8, 4) is 0 Å². The Kier molecular flexibility index (Phi) is 4.99. The first-order valence-corrected chi connectivity index (χ1v) is 6.97. The molecule has 0 aliphatic heterocycles. The van der Waals surface area contributed by atoms with Gasteiger partial charge in [-0.25, -0.2) is 4.98 Å². The monoisotopic (exact) mass is 348 g/mol. The van der Waals surface area contributed by atoms with Gasteiger partial charge in [0, 0.05) is 25.0 Å². The molecular weight excluding hydrogens is 336 g/mol. The number of nitrogens with two attached hydrogens (primary N) is 1. The molecule has 0 aliphatic carbocycles. The summed E-state index contributed by atoms with van der Waals surface area (Å²) in [5, 5.41) is 2.61. The Hall–Kier alpha value is -2.28. The molecule has 21 heavy (non-hydrogen) atoms. The van der Waals surface area contributed by atoms with E-state index in [1.165, 1.54) is 6.20 Å². The fourth-order valence-corrected chi connectivity index (χ4v) is 2.17. The van der Waals surface area contributed by atoms with E-state index in [0.29, 0.717) is 10.2 Å². The minimum atomic E-state index is -0.821. The first-order chi connectivity index (χ1) is 10.1. The maximum absolute atomic E-state index is 12.0. The van der Waals surface area contributed by atoms with Crippen LogP contribution in [0.3, 0.4) is 0 Å². The lowest BCUT2D eigenvalue weighted by atomic mass is 10.1. The molecule has 2 heterocycles. The van der Waals surface area contributed by atoms with E-state index in [1.807, 2.05) is 6.07 Å². The Morgan fingerprint density at radius 3 is 2.67 bits per heavy atom. The summed E-state index contributed by atoms with van der Waals surface area (Å²) in [6.45, 7) is 0. The molecule has 3 N–H and O–H groups in total. The Balaban J connectivity index is 2.12. The number of nitrogens with one attached hydrogen (secondary N) is 1. The van der Waals surface area contributed by atoms with Gasteiger partial charge in [-0.2, -0.15) is 0 Å². The van der Waals surface area contributed by atoms with Gasteiger partial charge in [0.05, 0.1) is 5.56 Å². The van der Waals surface area contributed by atoms with Crippen LogP contribution in [0.25, 0.3) is 0 Å². The van der Waals surface area contributed by atoms with Crippen molar-refractivity contribution in [2.45, 2.75) is 12.5 Å². The number of rotatable bonds is 5. The van der Waals surface area contributed by atoms with Gasteiger partial charge in [0.1, 0.15) is 10.6 Å². The zero-order chi connectivity index (χ0) is 15.2. The number of primary amides is 1. The van der Waals surface area contributed by atoms with E-state index < -0.39 is 17.9 Å². The van der Waals surface area contributed by atoms with Crippen molar-refractivity contribution in [2.24, 2.45) is 5.73 Å². The zero-order valence-electron chi connectivity index (χ0n) is 11.0. The van der Waals surface area contributed by atoms with Crippen LogP contribution in [0.15, 0.2) is 47.5 Å². The maximum atomic E-state index is 12.0. The summed E-state index contributed by atoms with van der Waals surface area (Å²) < 4.78 is 0.617. The van der Waals surface area contributed by atoms with Gasteiger partial charge in [-0.05, 0) is 39.7 Å². The predicted octanol–water partition coefficient (Wildman–Crippen LogP) is 1.07. The Labute approximate surface area is 129 Å². The quantitative estimate of drug-likeness (QED) is 0.789. The van der Waals surface area contributed by atoms with Gasteiger partial charge in [0.25, 0.3) is 5.91 Å². The highest BCUT2D eigenvalue weighted by Crippen LogP contribution is 2.14. The lowest BCUT2D eigenvalue weighted by Crippen LogP contribution is -2.45. The third-order valence-corrected chi connectivity index (χ3v) is 3.55. The molecule has 0 radical (unpaired) electrons. The molecule has 0 saturated carbocycles. The van der Waals surface area contributed by atoms with Crippen molar-refractivity contribution in [3.63, 3.8) is 0 Å². The van der Waals surface area contributed by atoms with Crippen LogP contribution in [0.2, 0.25) is 0 Å². The SMILES string of the molecule is NC(=O)[C@H](Cc1cccnc1Br)NC(=O)c1cccnc1. The molecule has 6 nitrogen and oxygen atoms in total. The van der Waals surface area contributed by atoms with Crippen LogP contribution in [0.4, 0.5) is 0 Å². The van der Waals surface area contributed by atoms with Gasteiger partial charge in [-0.15, -0.1) is 0 Å². The van der Waals surface area contributed by atoms with Crippen LogP contribution in [0.1, 0.15) is 15.9 Å². The highest BCUT2D eigenvalue weighted by Gasteiger charge is 2.20. The van der Waals surface area contributed by atoms with E-state index in [0.717, 1.165) is 5.56 Å². The van der Waals surface area contributed by atoms with Crippen molar-refractivity contribution >= 4 is 27.7 Å². The van der Waals surface area contributed by atoms with Crippen LogP contribution < -0.4 is 11.1 Å². The molecule has 108 valence electrons. The van der Waals surface area contributed by atoms with E-state index in [2.05, 4.69) is 31.2 Å². The summed E-state index contributed by atoms with van der Waals surface area (Å²) in [7, 11) is 0. The number of hydrogen-bond donors (Lipinski definition) is 2. The second kappa shape index (κ2) is 6.94. The van der Waals surface area contributed by atoms with Crippen molar-refractivity contribution in [1.82, 2.24) is 15.3 Å². The van der Waals surface area contributed by atoms with Gasteiger partial charge >= 0.3 is 0 Å². The molecule has 2 rings (SSSR count). The van der Waals surface area contributed by atoms with Crippen LogP contribution in [-0.4, -0.2) is 27.8 Å². The van der Waals surface area contributed by atoms with Gasteiger partial charge in [-0.1, -0.05) is 6.07 Å². The molecule has 2 amide bonds. The third-order valence-electron chi connectivity index (χ3n) is 2.83. The molecule has 2 aromatic rings. The number of halogens is 1. The number of amides is 2. The second-order valence-corrected chi connectivity index (χ2v) is 5.08. The first-order valence-electron chi connectivity index (χ1n) is 6.17. The van der Waals surface area contributed by atoms with E-state index >= 15 is 0 Å². The van der Waals surface area contributed by atoms with Gasteiger partial charge in [0.15, 0.2) is 0 Å². The minimum absolute atomic E-state index is 0.260. The van der Waals surface area contributed by atoms with E-state index in [4.69, 9.17) is 5.73 Å². The van der Waals surface area contributed by atoms with E-state index in [1.54, 1.807) is 30.6 Å². The normalized spacial score (nSPS) is 11.7. The smallest absolute Gasteiger partial charge is 0.253 e. The molecule has 7 heteroatoms. The molecule has 0 unspecified atom stereocenters. The lowest BCUT2D eigenvalue weighted by Gasteiger charge is -2.16. The van der Waals surface area contributed by atoms with Crippen molar-refractivity contribution in [3.05, 3.63) is 58.6 Å². The number of aromatic nitrogens is 2. The summed E-state index contributed by atoms with van der Waals surface area (Å²) in [5.41, 5.74) is 6.51. The summed E-state index contributed by atoms with van der Waals surface area (Å²) in [6.07, 6.45) is 4.87. The highest BCUT2D eigenvalue weighted by atomic mass is 79.9. The number of carbonyl (C=O) groups is 2. The topological polar surface area (TPSA) is 98.0 Å². The molecule has 0 aromatic carbocycles. The van der Waals surface area contributed by atoms with Crippen LogP contribution in [-0.2, 0) is 11.2 Å². The lowest BCUT2D eigenvalue weighted by molar-refractivity contribution is -0.119.